The lowest BCUT2D eigenvalue weighted by Gasteiger charge is -2.46. The van der Waals surface area contributed by atoms with E-state index >= 15 is 0 Å². The molecule has 4 heterocycles. The fourth-order valence-electron chi connectivity index (χ4n) is 8.12. The van der Waals surface area contributed by atoms with E-state index in [1.807, 2.05) is 18.7 Å². The number of benzene rings is 1. The van der Waals surface area contributed by atoms with Crippen LogP contribution in [0, 0.1) is 32.6 Å². The van der Waals surface area contributed by atoms with E-state index in [2.05, 4.69) is 68.5 Å². The number of hydrogen-bond acceptors (Lipinski definition) is 7. The van der Waals surface area contributed by atoms with Crippen molar-refractivity contribution < 1.29 is 9.59 Å². The standard InChI is InChI=1S/C34H50N6O.C2H5NO/c1-24-6-5-7-30(20-24)32(29-10-15-38(16-11-29)22-28-8-9-28)40-19-14-37-34(21-25(40)2)12-17-39(18-13-34)33(41)31-26(3)35-23-36-27(31)4;1-3-2-4/h5-7,20,23,25,28-29,32,37H,8-19,21-22H2,1-4H3;2H,1H3,(H,3,4). The molecule has 246 valence electrons. The maximum absolute atomic E-state index is 13.4. The molecule has 2 N–H and O–H groups in total. The molecule has 6 rings (SSSR count). The van der Waals surface area contributed by atoms with Crippen molar-refractivity contribution in [3.63, 3.8) is 0 Å². The summed E-state index contributed by atoms with van der Waals surface area (Å²) < 4.78 is 0. The van der Waals surface area contributed by atoms with Gasteiger partial charge in [-0.3, -0.25) is 14.5 Å². The lowest BCUT2D eigenvalue weighted by Crippen LogP contribution is -2.55. The summed E-state index contributed by atoms with van der Waals surface area (Å²) in [6.07, 6.45) is 10.8. The molecule has 1 aromatic heterocycles. The third-order valence-corrected chi connectivity index (χ3v) is 10.7. The van der Waals surface area contributed by atoms with Crippen LogP contribution in [-0.4, -0.2) is 101 Å². The molecule has 1 aliphatic carbocycles. The molecule has 45 heavy (non-hydrogen) atoms. The van der Waals surface area contributed by atoms with Gasteiger partial charge < -0.3 is 20.4 Å². The monoisotopic (exact) mass is 617 g/mol. The van der Waals surface area contributed by atoms with Gasteiger partial charge in [-0.05, 0) is 103 Å². The van der Waals surface area contributed by atoms with Crippen molar-refractivity contribution in [1.82, 2.24) is 35.3 Å². The van der Waals surface area contributed by atoms with Crippen molar-refractivity contribution in [2.75, 3.05) is 52.9 Å². The Morgan fingerprint density at radius 1 is 1.04 bits per heavy atom. The Labute approximate surface area is 270 Å². The molecular weight excluding hydrogens is 562 g/mol. The number of carbonyl (C=O) groups is 2. The molecule has 2 unspecified atom stereocenters. The molecule has 0 radical (unpaired) electrons. The quantitative estimate of drug-likeness (QED) is 0.448. The predicted octanol–water partition coefficient (Wildman–Crippen LogP) is 4.29. The molecule has 9 heteroatoms. The number of amides is 2. The lowest BCUT2D eigenvalue weighted by molar-refractivity contribution is -0.109. The normalized spacial score (nSPS) is 23.5. The number of nitrogens with zero attached hydrogens (tertiary/aromatic N) is 5. The van der Waals surface area contributed by atoms with E-state index < -0.39 is 0 Å². The maximum Gasteiger partial charge on any atom is 0.257 e. The number of piperidine rings is 2. The largest absolute Gasteiger partial charge is 0.362 e. The van der Waals surface area contributed by atoms with Gasteiger partial charge in [-0.15, -0.1) is 0 Å². The number of likely N-dealkylation sites (tertiary alicyclic amines) is 2. The first kappa shape index (κ1) is 33.5. The van der Waals surface area contributed by atoms with E-state index in [9.17, 15) is 4.79 Å². The SMILES string of the molecule is CNC=O.Cc1cccc(C(C2CCN(CC3CC3)CC2)N2CCNC3(CCN(C(=O)c4c(C)ncnc4C)CC3)CC2C)c1. The van der Waals surface area contributed by atoms with Gasteiger partial charge in [-0.1, -0.05) is 29.8 Å². The first-order chi connectivity index (χ1) is 21.7. The minimum Gasteiger partial charge on any atom is -0.362 e. The van der Waals surface area contributed by atoms with Crippen LogP contribution >= 0.6 is 0 Å². The van der Waals surface area contributed by atoms with E-state index in [-0.39, 0.29) is 11.4 Å². The molecule has 1 saturated carbocycles. The van der Waals surface area contributed by atoms with Gasteiger partial charge in [-0.2, -0.15) is 0 Å². The number of nitrogens with one attached hydrogen (secondary N) is 2. The smallest absolute Gasteiger partial charge is 0.257 e. The molecule has 3 saturated heterocycles. The molecule has 2 amide bonds. The van der Waals surface area contributed by atoms with Gasteiger partial charge in [0.1, 0.15) is 6.33 Å². The summed E-state index contributed by atoms with van der Waals surface area (Å²) in [5, 5.41) is 6.27. The Balaban J connectivity index is 0.000000945. The Kier molecular flexibility index (Phi) is 11.3. The molecule has 1 spiro atoms. The minimum absolute atomic E-state index is 0.0892. The molecule has 9 nitrogen and oxygen atoms in total. The van der Waals surface area contributed by atoms with Gasteiger partial charge in [0.05, 0.1) is 17.0 Å². The van der Waals surface area contributed by atoms with E-state index in [1.54, 1.807) is 13.4 Å². The van der Waals surface area contributed by atoms with Crippen LogP contribution in [0.25, 0.3) is 0 Å². The lowest BCUT2D eigenvalue weighted by atomic mass is 9.80. The zero-order valence-electron chi connectivity index (χ0n) is 28.2. The van der Waals surface area contributed by atoms with Crippen LogP contribution in [0.2, 0.25) is 0 Å². The highest BCUT2D eigenvalue weighted by Gasteiger charge is 2.43. The van der Waals surface area contributed by atoms with Crippen LogP contribution in [0.1, 0.15) is 90.8 Å². The summed E-state index contributed by atoms with van der Waals surface area (Å²) in [6, 6.07) is 10.3. The number of rotatable bonds is 7. The van der Waals surface area contributed by atoms with Gasteiger partial charge >= 0.3 is 0 Å². The Bertz CT molecular complexity index is 1260. The van der Waals surface area contributed by atoms with Gasteiger partial charge in [0.15, 0.2) is 0 Å². The Morgan fingerprint density at radius 2 is 1.71 bits per heavy atom. The van der Waals surface area contributed by atoms with Crippen molar-refractivity contribution in [3.8, 4) is 0 Å². The summed E-state index contributed by atoms with van der Waals surface area (Å²) in [5.74, 6) is 1.76. The zero-order valence-corrected chi connectivity index (χ0v) is 28.2. The molecule has 4 fully saturated rings. The van der Waals surface area contributed by atoms with Gasteiger partial charge in [0.2, 0.25) is 6.41 Å². The molecule has 0 bridgehead atoms. The number of aromatic nitrogens is 2. The third-order valence-electron chi connectivity index (χ3n) is 10.7. The van der Waals surface area contributed by atoms with Crippen molar-refractivity contribution in [1.29, 1.82) is 0 Å². The van der Waals surface area contributed by atoms with Crippen LogP contribution in [0.3, 0.4) is 0 Å². The second-order valence-corrected chi connectivity index (χ2v) is 14.1. The maximum atomic E-state index is 13.4. The second kappa shape index (κ2) is 15.1. The highest BCUT2D eigenvalue weighted by atomic mass is 16.2. The van der Waals surface area contributed by atoms with Crippen LogP contribution < -0.4 is 10.6 Å². The fourth-order valence-corrected chi connectivity index (χ4v) is 8.12. The Hall–Kier alpha value is -2.88. The third kappa shape index (κ3) is 8.29. The van der Waals surface area contributed by atoms with Gasteiger partial charge in [0, 0.05) is 57.4 Å². The van der Waals surface area contributed by atoms with Crippen LogP contribution in [0.15, 0.2) is 30.6 Å². The molecule has 2 atom stereocenters. The number of hydrogen-bond donors (Lipinski definition) is 2. The highest BCUT2D eigenvalue weighted by molar-refractivity contribution is 5.96. The topological polar surface area (TPSA) is 93.7 Å². The molecule has 3 aliphatic heterocycles. The van der Waals surface area contributed by atoms with E-state index in [0.717, 1.165) is 62.7 Å². The molecule has 1 aromatic carbocycles. The molecule has 2 aromatic rings. The van der Waals surface area contributed by atoms with Crippen molar-refractivity contribution in [3.05, 3.63) is 58.7 Å². The van der Waals surface area contributed by atoms with Crippen molar-refractivity contribution >= 4 is 12.3 Å². The fraction of sp³-hybridized carbons (Fsp3) is 0.667. The predicted molar refractivity (Wildman–Crippen MR) is 179 cm³/mol. The first-order valence-corrected chi connectivity index (χ1v) is 17.2. The van der Waals surface area contributed by atoms with E-state index in [1.165, 1.54) is 56.4 Å². The van der Waals surface area contributed by atoms with E-state index in [0.29, 0.717) is 30.0 Å². The summed E-state index contributed by atoms with van der Waals surface area (Å²) in [7, 11) is 1.56. The second-order valence-electron chi connectivity index (χ2n) is 14.1. The average Bonchev–Trinajstić information content (AvgIpc) is 3.87. The van der Waals surface area contributed by atoms with Crippen molar-refractivity contribution in [2.45, 2.75) is 90.3 Å². The first-order valence-electron chi connectivity index (χ1n) is 17.2. The van der Waals surface area contributed by atoms with Crippen LogP contribution in [0.4, 0.5) is 0 Å². The number of aryl methyl sites for hydroxylation is 3. The van der Waals surface area contributed by atoms with Crippen LogP contribution in [-0.2, 0) is 4.79 Å². The summed E-state index contributed by atoms with van der Waals surface area (Å²) >= 11 is 0. The summed E-state index contributed by atoms with van der Waals surface area (Å²) in [4.78, 5) is 38.7. The Morgan fingerprint density at radius 3 is 2.31 bits per heavy atom. The van der Waals surface area contributed by atoms with E-state index in [4.69, 9.17) is 4.79 Å². The van der Waals surface area contributed by atoms with Gasteiger partial charge in [-0.25, -0.2) is 9.97 Å². The summed E-state index contributed by atoms with van der Waals surface area (Å²) in [5.41, 5.74) is 5.20. The van der Waals surface area contributed by atoms with Gasteiger partial charge in [0.25, 0.3) is 5.91 Å². The molecular formula is C36H55N7O2. The van der Waals surface area contributed by atoms with Crippen molar-refractivity contribution in [2.24, 2.45) is 11.8 Å². The zero-order chi connectivity index (χ0) is 32.0. The average molecular weight is 618 g/mol. The number of carbonyl (C=O) groups excluding carboxylic acids is 2. The minimum atomic E-state index is 0.0892. The highest BCUT2D eigenvalue weighted by Crippen LogP contribution is 2.41. The van der Waals surface area contributed by atoms with Crippen LogP contribution in [0.5, 0.6) is 0 Å². The summed E-state index contributed by atoms with van der Waals surface area (Å²) in [6.45, 7) is 16.0. The molecule has 4 aliphatic rings.